The number of nitrogen functional groups attached to an aromatic ring is 1. The number of methoxy groups -OCH3 is 1. The van der Waals surface area contributed by atoms with Gasteiger partial charge in [-0.25, -0.2) is 0 Å². The van der Waals surface area contributed by atoms with E-state index in [1.54, 1.807) is 18.4 Å². The molecule has 3 N–H and O–H groups in total. The van der Waals surface area contributed by atoms with Crippen molar-refractivity contribution >= 4 is 33.1 Å². The summed E-state index contributed by atoms with van der Waals surface area (Å²) in [5, 5.41) is 9.26. The molecule has 108 valence electrons. The van der Waals surface area contributed by atoms with Crippen molar-refractivity contribution < 1.29 is 4.74 Å². The molecule has 3 rings (SSSR count). The quantitative estimate of drug-likeness (QED) is 0.721. The number of nitrogens with one attached hydrogen (secondary N) is 1. The van der Waals surface area contributed by atoms with Crippen molar-refractivity contribution in [2.24, 2.45) is 0 Å². The first-order chi connectivity index (χ1) is 10.1. The Morgan fingerprint density at radius 2 is 2.14 bits per heavy atom. The van der Waals surface area contributed by atoms with E-state index >= 15 is 0 Å². The van der Waals surface area contributed by atoms with E-state index in [9.17, 15) is 0 Å². The molecule has 0 saturated heterocycles. The summed E-state index contributed by atoms with van der Waals surface area (Å²) < 4.78 is 6.53. The molecule has 0 aliphatic carbocycles. The van der Waals surface area contributed by atoms with Gasteiger partial charge in [-0.1, -0.05) is 11.6 Å². The largest absolute Gasteiger partial charge is 0.496 e. The van der Waals surface area contributed by atoms with Crippen LogP contribution in [0.15, 0.2) is 33.4 Å². The summed E-state index contributed by atoms with van der Waals surface area (Å²) in [6.07, 6.45) is 0. The maximum Gasteiger partial charge on any atom is 0.153 e. The lowest BCUT2D eigenvalue weighted by Gasteiger charge is -2.10. The Morgan fingerprint density at radius 3 is 2.81 bits per heavy atom. The smallest absolute Gasteiger partial charge is 0.153 e. The van der Waals surface area contributed by atoms with Crippen LogP contribution in [0.5, 0.6) is 5.75 Å². The number of halogens is 1. The lowest BCUT2D eigenvalue weighted by molar-refractivity contribution is 0.416. The average molecular weight is 364 g/mol. The highest BCUT2D eigenvalue weighted by Gasteiger charge is 2.19. The first-order valence-corrected chi connectivity index (χ1v) is 8.00. The van der Waals surface area contributed by atoms with Gasteiger partial charge in [-0.15, -0.1) is 11.3 Å². The minimum Gasteiger partial charge on any atom is -0.496 e. The number of nitrogens with two attached hydrogens (primary N) is 1. The molecule has 0 aliphatic rings. The minimum absolute atomic E-state index is 0.469. The van der Waals surface area contributed by atoms with Gasteiger partial charge in [-0.05, 0) is 41.1 Å². The normalized spacial score (nSPS) is 10.8. The number of anilines is 1. The molecule has 0 spiro atoms. The van der Waals surface area contributed by atoms with Gasteiger partial charge in [0.05, 0.1) is 22.2 Å². The molecule has 0 amide bonds. The van der Waals surface area contributed by atoms with Crippen LogP contribution in [0, 0.1) is 6.92 Å². The Bertz CT molecular complexity index is 794. The van der Waals surface area contributed by atoms with Gasteiger partial charge in [0.2, 0.25) is 0 Å². The number of hydrogen-bond acceptors (Lipinski definition) is 4. The second-order valence-electron chi connectivity index (χ2n) is 4.70. The molecule has 6 heteroatoms. The molecular formula is C15H14BrN3OS. The van der Waals surface area contributed by atoms with Crippen LogP contribution in [0.25, 0.3) is 22.4 Å². The third kappa shape index (κ3) is 2.56. The van der Waals surface area contributed by atoms with Gasteiger partial charge >= 0.3 is 0 Å². The molecule has 2 heterocycles. The molecule has 0 unspecified atom stereocenters. The fraction of sp³-hybridized carbons (Fsp3) is 0.133. The van der Waals surface area contributed by atoms with Crippen molar-refractivity contribution in [2.45, 2.75) is 6.92 Å². The van der Waals surface area contributed by atoms with Crippen LogP contribution in [0.4, 0.5) is 5.82 Å². The van der Waals surface area contributed by atoms with Crippen molar-refractivity contribution in [3.8, 4) is 28.1 Å². The number of aromatic nitrogens is 2. The maximum absolute atomic E-state index is 6.08. The number of rotatable bonds is 3. The fourth-order valence-electron chi connectivity index (χ4n) is 2.30. The molecule has 2 aromatic heterocycles. The number of H-pyrrole nitrogens is 1. The van der Waals surface area contributed by atoms with E-state index in [4.69, 9.17) is 10.5 Å². The standard InChI is InChI=1S/C15H14BrN3OS/c1-8-3-4-11(20-2)10(5-8)13-14(18-19-15(13)17)9-6-12(16)21-7-9/h3-7H,1-2H3,(H3,17,18,19). The van der Waals surface area contributed by atoms with Gasteiger partial charge < -0.3 is 10.5 Å². The highest BCUT2D eigenvalue weighted by Crippen LogP contribution is 2.41. The molecular weight excluding hydrogens is 350 g/mol. The van der Waals surface area contributed by atoms with Crippen LogP contribution < -0.4 is 10.5 Å². The highest BCUT2D eigenvalue weighted by atomic mass is 79.9. The van der Waals surface area contributed by atoms with Crippen molar-refractivity contribution in [3.05, 3.63) is 39.0 Å². The van der Waals surface area contributed by atoms with Crippen LogP contribution in [-0.2, 0) is 0 Å². The number of thiophene rings is 1. The highest BCUT2D eigenvalue weighted by molar-refractivity contribution is 9.11. The van der Waals surface area contributed by atoms with Gasteiger partial charge in [-0.3, -0.25) is 5.10 Å². The van der Waals surface area contributed by atoms with Crippen LogP contribution >= 0.6 is 27.3 Å². The van der Waals surface area contributed by atoms with E-state index in [1.165, 1.54) is 0 Å². The summed E-state index contributed by atoms with van der Waals surface area (Å²) in [4.78, 5) is 0. The van der Waals surface area contributed by atoms with E-state index in [0.717, 1.165) is 37.5 Å². The zero-order valence-corrected chi connectivity index (χ0v) is 14.0. The predicted octanol–water partition coefficient (Wildman–Crippen LogP) is 4.47. The summed E-state index contributed by atoms with van der Waals surface area (Å²) in [7, 11) is 1.66. The van der Waals surface area contributed by atoms with Gasteiger partial charge in [0.1, 0.15) is 5.75 Å². The Morgan fingerprint density at radius 1 is 1.33 bits per heavy atom. The maximum atomic E-state index is 6.08. The minimum atomic E-state index is 0.469. The van der Waals surface area contributed by atoms with Crippen molar-refractivity contribution in [1.29, 1.82) is 0 Å². The second kappa shape index (κ2) is 5.54. The number of hydrogen-bond donors (Lipinski definition) is 2. The number of benzene rings is 1. The molecule has 0 atom stereocenters. The molecule has 0 radical (unpaired) electrons. The van der Waals surface area contributed by atoms with Crippen LogP contribution in [0.3, 0.4) is 0 Å². The SMILES string of the molecule is COc1ccc(C)cc1-c1c(N)n[nH]c1-c1csc(Br)c1. The van der Waals surface area contributed by atoms with Crippen molar-refractivity contribution in [2.75, 3.05) is 12.8 Å². The first kappa shape index (κ1) is 14.2. The number of aryl methyl sites for hydroxylation is 1. The van der Waals surface area contributed by atoms with E-state index in [1.807, 2.05) is 25.1 Å². The Kier molecular flexibility index (Phi) is 3.73. The van der Waals surface area contributed by atoms with Gasteiger partial charge in [0.25, 0.3) is 0 Å². The lowest BCUT2D eigenvalue weighted by Crippen LogP contribution is -1.93. The van der Waals surface area contributed by atoms with E-state index in [0.29, 0.717) is 5.82 Å². The second-order valence-corrected chi connectivity index (χ2v) is 6.99. The topological polar surface area (TPSA) is 63.9 Å². The summed E-state index contributed by atoms with van der Waals surface area (Å²) in [5.74, 6) is 1.25. The van der Waals surface area contributed by atoms with Crippen molar-refractivity contribution in [1.82, 2.24) is 10.2 Å². The molecule has 0 saturated carbocycles. The van der Waals surface area contributed by atoms with Gasteiger partial charge in [0, 0.05) is 16.5 Å². The zero-order chi connectivity index (χ0) is 15.0. The molecule has 0 bridgehead atoms. The van der Waals surface area contributed by atoms with Crippen LogP contribution in [-0.4, -0.2) is 17.3 Å². The molecule has 3 aromatic rings. The third-order valence-corrected chi connectivity index (χ3v) is 4.78. The average Bonchev–Trinajstić information content (AvgIpc) is 3.04. The number of aromatic amines is 1. The van der Waals surface area contributed by atoms with Gasteiger partial charge in [0.15, 0.2) is 5.82 Å². The fourth-order valence-corrected chi connectivity index (χ4v) is 3.44. The van der Waals surface area contributed by atoms with E-state index in [-0.39, 0.29) is 0 Å². The third-order valence-electron chi connectivity index (χ3n) is 3.27. The predicted molar refractivity (Wildman–Crippen MR) is 90.7 cm³/mol. The lowest BCUT2D eigenvalue weighted by atomic mass is 9.99. The molecule has 21 heavy (non-hydrogen) atoms. The molecule has 0 aliphatic heterocycles. The summed E-state index contributed by atoms with van der Waals surface area (Å²) in [5.41, 5.74) is 11.0. The summed E-state index contributed by atoms with van der Waals surface area (Å²) in [6.45, 7) is 2.04. The van der Waals surface area contributed by atoms with E-state index in [2.05, 4.69) is 37.6 Å². The summed E-state index contributed by atoms with van der Waals surface area (Å²) in [6, 6.07) is 8.07. The Labute approximate surface area is 135 Å². The Hall–Kier alpha value is -1.79. The molecule has 4 nitrogen and oxygen atoms in total. The zero-order valence-electron chi connectivity index (χ0n) is 11.6. The van der Waals surface area contributed by atoms with Crippen LogP contribution in [0.2, 0.25) is 0 Å². The Balaban J connectivity index is 2.24. The first-order valence-electron chi connectivity index (χ1n) is 6.33. The summed E-state index contributed by atoms with van der Waals surface area (Å²) >= 11 is 5.11. The molecule has 1 aromatic carbocycles. The van der Waals surface area contributed by atoms with Gasteiger partial charge in [-0.2, -0.15) is 5.10 Å². The monoisotopic (exact) mass is 363 g/mol. The van der Waals surface area contributed by atoms with E-state index < -0.39 is 0 Å². The van der Waals surface area contributed by atoms with Crippen molar-refractivity contribution in [3.63, 3.8) is 0 Å². The number of nitrogens with zero attached hydrogens (tertiary/aromatic N) is 1. The molecule has 0 fully saturated rings. The van der Waals surface area contributed by atoms with Crippen LogP contribution in [0.1, 0.15) is 5.56 Å². The number of ether oxygens (including phenoxy) is 1.